The zero-order valence-electron chi connectivity index (χ0n) is 31.0. The number of para-hydroxylation sites is 1. The average Bonchev–Trinajstić information content (AvgIpc) is 3.59. The molecule has 0 bridgehead atoms. The monoisotopic (exact) mass is 713 g/mol. The van der Waals surface area contributed by atoms with Gasteiger partial charge in [-0.2, -0.15) is 0 Å². The minimum atomic E-state index is -0.453. The summed E-state index contributed by atoms with van der Waals surface area (Å²) in [5.74, 6) is 0. The molecular weight excluding hydrogens is 675 g/mol. The highest BCUT2D eigenvalue weighted by atomic mass is 15.1. The Bertz CT molecular complexity index is 2720. The third kappa shape index (κ3) is 5.65. The quantitative estimate of drug-likeness (QED) is 0.152. The van der Waals surface area contributed by atoms with Crippen LogP contribution in [-0.4, -0.2) is 0 Å². The second kappa shape index (κ2) is 14.2. The zero-order valence-corrected chi connectivity index (χ0v) is 31.0. The Hall–Kier alpha value is -7.22. The van der Waals surface area contributed by atoms with Gasteiger partial charge in [0.05, 0.1) is 11.1 Å². The van der Waals surface area contributed by atoms with Gasteiger partial charge in [-0.05, 0) is 91.5 Å². The molecule has 0 atom stereocenters. The van der Waals surface area contributed by atoms with E-state index in [4.69, 9.17) is 0 Å². The Balaban J connectivity index is 1.13. The summed E-state index contributed by atoms with van der Waals surface area (Å²) in [5.41, 5.74) is 17.7. The molecule has 0 fully saturated rings. The highest BCUT2D eigenvalue weighted by molar-refractivity contribution is 5.90. The molecule has 0 spiro atoms. The summed E-state index contributed by atoms with van der Waals surface area (Å²) in [6.45, 7) is 0. The largest absolute Gasteiger partial charge is 0.310 e. The molecular formula is C55H39N. The molecule has 0 radical (unpaired) electrons. The molecule has 0 saturated carbocycles. The Morgan fingerprint density at radius 2 is 0.714 bits per heavy atom. The number of nitrogens with zero attached hydrogens (tertiary/aromatic N) is 1. The van der Waals surface area contributed by atoms with E-state index in [0.717, 1.165) is 17.1 Å². The van der Waals surface area contributed by atoms with E-state index in [1.807, 2.05) is 0 Å². The van der Waals surface area contributed by atoms with Gasteiger partial charge in [-0.25, -0.2) is 0 Å². The van der Waals surface area contributed by atoms with Gasteiger partial charge in [0.25, 0.3) is 0 Å². The van der Waals surface area contributed by atoms with Crippen LogP contribution in [0, 0.1) is 0 Å². The lowest BCUT2D eigenvalue weighted by Crippen LogP contribution is -2.28. The molecule has 1 heteroatoms. The van der Waals surface area contributed by atoms with Crippen LogP contribution in [0.3, 0.4) is 0 Å². The summed E-state index contributed by atoms with van der Waals surface area (Å²) in [6.07, 6.45) is 0. The summed E-state index contributed by atoms with van der Waals surface area (Å²) in [4.78, 5) is 2.42. The molecule has 0 amide bonds. The lowest BCUT2D eigenvalue weighted by Gasteiger charge is -2.34. The fourth-order valence-electron chi connectivity index (χ4n) is 8.84. The van der Waals surface area contributed by atoms with Crippen molar-refractivity contribution in [2.45, 2.75) is 5.41 Å². The lowest BCUT2D eigenvalue weighted by atomic mass is 9.68. The van der Waals surface area contributed by atoms with Crippen LogP contribution in [0.2, 0.25) is 0 Å². The molecule has 56 heavy (non-hydrogen) atoms. The van der Waals surface area contributed by atoms with E-state index < -0.39 is 5.41 Å². The first-order valence-electron chi connectivity index (χ1n) is 19.3. The van der Waals surface area contributed by atoms with Crippen molar-refractivity contribution in [3.8, 4) is 44.5 Å². The van der Waals surface area contributed by atoms with Gasteiger partial charge in [-0.3, -0.25) is 0 Å². The molecule has 10 rings (SSSR count). The summed E-state index contributed by atoms with van der Waals surface area (Å²) in [6, 6.07) is 86.1. The van der Waals surface area contributed by atoms with Crippen molar-refractivity contribution in [2.75, 3.05) is 4.90 Å². The average molecular weight is 714 g/mol. The van der Waals surface area contributed by atoms with Crippen LogP contribution in [0.25, 0.3) is 44.5 Å². The van der Waals surface area contributed by atoms with Gasteiger partial charge in [0.15, 0.2) is 0 Å². The molecule has 0 aliphatic heterocycles. The van der Waals surface area contributed by atoms with Crippen molar-refractivity contribution in [3.05, 3.63) is 259 Å². The van der Waals surface area contributed by atoms with E-state index in [2.05, 4.69) is 241 Å². The van der Waals surface area contributed by atoms with Crippen LogP contribution in [0.1, 0.15) is 22.3 Å². The zero-order chi connectivity index (χ0) is 37.3. The van der Waals surface area contributed by atoms with Gasteiger partial charge in [-0.1, -0.05) is 206 Å². The summed E-state index contributed by atoms with van der Waals surface area (Å²) >= 11 is 0. The maximum atomic E-state index is 2.42. The topological polar surface area (TPSA) is 3.24 Å². The molecule has 0 unspecified atom stereocenters. The molecule has 0 heterocycles. The van der Waals surface area contributed by atoms with E-state index >= 15 is 0 Å². The second-order valence-corrected chi connectivity index (χ2v) is 14.5. The molecule has 1 nitrogen and oxygen atoms in total. The molecule has 264 valence electrons. The maximum absolute atomic E-state index is 2.42. The van der Waals surface area contributed by atoms with E-state index in [1.54, 1.807) is 0 Å². The molecule has 9 aromatic carbocycles. The van der Waals surface area contributed by atoms with E-state index in [9.17, 15) is 0 Å². The van der Waals surface area contributed by atoms with Crippen molar-refractivity contribution in [1.29, 1.82) is 0 Å². The lowest BCUT2D eigenvalue weighted by molar-refractivity contribution is 0.768. The predicted molar refractivity (Wildman–Crippen MR) is 235 cm³/mol. The fraction of sp³-hybridized carbons (Fsp3) is 0.0182. The molecule has 0 N–H and O–H groups in total. The summed E-state index contributed by atoms with van der Waals surface area (Å²) < 4.78 is 0. The van der Waals surface area contributed by atoms with Gasteiger partial charge >= 0.3 is 0 Å². The Morgan fingerprint density at radius 1 is 0.268 bits per heavy atom. The Labute approximate surface area is 329 Å². The van der Waals surface area contributed by atoms with Crippen molar-refractivity contribution in [2.24, 2.45) is 0 Å². The standard InChI is InChI=1S/C55H39N/c1-4-17-40(18-5-1)41-31-33-42(34-32-41)44-21-16-24-48(39-44)56(54-30-15-12-25-49(54)43-19-6-2-7-20-43)47-37-35-46(36-38-47)55(45-22-8-3-9-23-45)52-28-13-10-26-50(52)51-27-11-14-29-53(51)55/h1-39H. The van der Waals surface area contributed by atoms with Crippen LogP contribution in [0.5, 0.6) is 0 Å². The number of hydrogen-bond acceptors (Lipinski definition) is 1. The minimum absolute atomic E-state index is 0.453. The molecule has 1 aliphatic carbocycles. The molecule has 1 aliphatic rings. The summed E-state index contributed by atoms with van der Waals surface area (Å²) in [7, 11) is 0. The SMILES string of the molecule is c1ccc(-c2ccc(-c3cccc(N(c4ccc(C5(c6ccccc6)c6ccccc6-c6ccccc65)cc4)c4ccccc4-c4ccccc4)c3)cc2)cc1. The van der Waals surface area contributed by atoms with Gasteiger partial charge < -0.3 is 4.90 Å². The van der Waals surface area contributed by atoms with Crippen LogP contribution in [-0.2, 0) is 5.41 Å². The first-order chi connectivity index (χ1) is 27.8. The van der Waals surface area contributed by atoms with Crippen molar-refractivity contribution < 1.29 is 0 Å². The maximum Gasteiger partial charge on any atom is 0.0713 e. The Morgan fingerprint density at radius 3 is 1.34 bits per heavy atom. The van der Waals surface area contributed by atoms with Crippen molar-refractivity contribution in [1.82, 2.24) is 0 Å². The molecule has 0 saturated heterocycles. The van der Waals surface area contributed by atoms with E-state index in [1.165, 1.54) is 66.8 Å². The molecule has 0 aromatic heterocycles. The Kier molecular flexibility index (Phi) is 8.46. The van der Waals surface area contributed by atoms with Crippen molar-refractivity contribution in [3.63, 3.8) is 0 Å². The number of benzene rings is 9. The molecule has 9 aromatic rings. The van der Waals surface area contributed by atoms with Gasteiger partial charge in [-0.15, -0.1) is 0 Å². The van der Waals surface area contributed by atoms with Crippen LogP contribution in [0.15, 0.2) is 237 Å². The summed E-state index contributed by atoms with van der Waals surface area (Å²) in [5, 5.41) is 0. The van der Waals surface area contributed by atoms with Gasteiger partial charge in [0.1, 0.15) is 0 Å². The smallest absolute Gasteiger partial charge is 0.0713 e. The van der Waals surface area contributed by atoms with Crippen LogP contribution >= 0.6 is 0 Å². The van der Waals surface area contributed by atoms with E-state index in [-0.39, 0.29) is 0 Å². The highest BCUT2D eigenvalue weighted by Crippen LogP contribution is 2.56. The third-order valence-electron chi connectivity index (χ3n) is 11.4. The van der Waals surface area contributed by atoms with E-state index in [0.29, 0.717) is 0 Å². The number of rotatable bonds is 8. The first kappa shape index (κ1) is 33.4. The van der Waals surface area contributed by atoms with Crippen molar-refractivity contribution >= 4 is 17.1 Å². The first-order valence-corrected chi connectivity index (χ1v) is 19.3. The fourth-order valence-corrected chi connectivity index (χ4v) is 8.84. The second-order valence-electron chi connectivity index (χ2n) is 14.5. The van der Waals surface area contributed by atoms with Gasteiger partial charge in [0.2, 0.25) is 0 Å². The minimum Gasteiger partial charge on any atom is -0.310 e. The normalized spacial score (nSPS) is 12.4. The highest BCUT2D eigenvalue weighted by Gasteiger charge is 2.45. The number of fused-ring (bicyclic) bond motifs is 3. The number of anilines is 3. The number of hydrogen-bond donors (Lipinski definition) is 0. The van der Waals surface area contributed by atoms with Gasteiger partial charge in [0, 0.05) is 16.9 Å². The predicted octanol–water partition coefficient (Wildman–Crippen LogP) is 14.5. The van der Waals surface area contributed by atoms with Crippen LogP contribution in [0.4, 0.5) is 17.1 Å². The third-order valence-corrected chi connectivity index (χ3v) is 11.4. The van der Waals surface area contributed by atoms with Crippen LogP contribution < -0.4 is 4.90 Å².